The molecule has 0 aromatic heterocycles. The van der Waals surface area contributed by atoms with Crippen LogP contribution in [0.25, 0.3) is 0 Å². The van der Waals surface area contributed by atoms with Crippen LogP contribution in [0.3, 0.4) is 0 Å². The van der Waals surface area contributed by atoms with Gasteiger partial charge in [-0.1, -0.05) is 54.4 Å². The van der Waals surface area contributed by atoms with Gasteiger partial charge in [-0.2, -0.15) is 0 Å². The number of piperidine rings is 1. The Morgan fingerprint density at radius 1 is 0.964 bits per heavy atom. The van der Waals surface area contributed by atoms with Gasteiger partial charge in [0.2, 0.25) is 0 Å². The van der Waals surface area contributed by atoms with Gasteiger partial charge >= 0.3 is 0 Å². The molecule has 2 aromatic rings. The molecule has 2 fully saturated rings. The number of benzene rings is 2. The fourth-order valence-corrected chi connectivity index (χ4v) is 5.64. The van der Waals surface area contributed by atoms with E-state index in [1.165, 1.54) is 39.8 Å². The third kappa shape index (κ3) is 3.31. The molecule has 2 saturated heterocycles. The predicted molar refractivity (Wildman–Crippen MR) is 117 cm³/mol. The van der Waals surface area contributed by atoms with E-state index in [1.54, 1.807) is 0 Å². The second-order valence-electron chi connectivity index (χ2n) is 9.51. The zero-order valence-electron chi connectivity index (χ0n) is 18.3. The fourth-order valence-electron chi connectivity index (χ4n) is 5.64. The summed E-state index contributed by atoms with van der Waals surface area (Å²) >= 11 is 0. The molecule has 150 valence electrons. The molecule has 2 heterocycles. The zero-order valence-corrected chi connectivity index (χ0v) is 18.3. The smallest absolute Gasteiger partial charge is 0.0909 e. The van der Waals surface area contributed by atoms with Gasteiger partial charge in [-0.05, 0) is 75.6 Å². The maximum Gasteiger partial charge on any atom is 0.0909 e. The summed E-state index contributed by atoms with van der Waals surface area (Å²) in [4.78, 5) is 0. The summed E-state index contributed by atoms with van der Waals surface area (Å²) in [5, 5.41) is 3.90. The number of hydrogen-bond donors (Lipinski definition) is 1. The van der Waals surface area contributed by atoms with Crippen molar-refractivity contribution < 1.29 is 4.74 Å². The van der Waals surface area contributed by atoms with Crippen molar-refractivity contribution in [1.29, 1.82) is 0 Å². The Labute approximate surface area is 170 Å². The Kier molecular flexibility index (Phi) is 5.14. The van der Waals surface area contributed by atoms with Crippen molar-refractivity contribution in [2.75, 3.05) is 6.61 Å². The lowest BCUT2D eigenvalue weighted by Crippen LogP contribution is -2.56. The standard InChI is InChI=1S/C26H35NO/c1-16-7-9-22(10-8-16)25-26(19(4)13-20(5)27-25)14-23(15-28-26)24-12-17(2)11-18(3)21(24)6/h7-12,19-20,23,25,27H,13-15H2,1-6H3. The van der Waals surface area contributed by atoms with Gasteiger partial charge in [0.25, 0.3) is 0 Å². The Balaban J connectivity index is 1.71. The molecular formula is C26H35NO. The summed E-state index contributed by atoms with van der Waals surface area (Å²) in [6.07, 6.45) is 2.26. The van der Waals surface area contributed by atoms with Crippen LogP contribution in [-0.2, 0) is 4.74 Å². The third-order valence-electron chi connectivity index (χ3n) is 7.30. The molecule has 0 aliphatic carbocycles. The predicted octanol–water partition coefficient (Wildman–Crippen LogP) is 5.92. The molecule has 2 aliphatic heterocycles. The van der Waals surface area contributed by atoms with Gasteiger partial charge in [0.1, 0.15) is 0 Å². The SMILES string of the molecule is Cc1ccc(C2NC(C)CC(C)C23CC(c2cc(C)cc(C)c2C)CO3)cc1. The second-order valence-corrected chi connectivity index (χ2v) is 9.51. The molecule has 2 heteroatoms. The van der Waals surface area contributed by atoms with Crippen molar-refractivity contribution in [3.63, 3.8) is 0 Å². The number of ether oxygens (including phenoxy) is 1. The molecule has 0 amide bonds. The Bertz CT molecular complexity index is 855. The first-order valence-corrected chi connectivity index (χ1v) is 10.8. The van der Waals surface area contributed by atoms with E-state index in [4.69, 9.17) is 4.74 Å². The quantitative estimate of drug-likeness (QED) is 0.701. The minimum atomic E-state index is -0.128. The molecule has 4 rings (SSSR count). The maximum atomic E-state index is 6.78. The van der Waals surface area contributed by atoms with Crippen LogP contribution in [0.2, 0.25) is 0 Å². The van der Waals surface area contributed by atoms with E-state index in [9.17, 15) is 0 Å². The molecule has 0 bridgehead atoms. The Hall–Kier alpha value is -1.64. The van der Waals surface area contributed by atoms with E-state index in [-0.39, 0.29) is 11.6 Å². The highest BCUT2D eigenvalue weighted by Crippen LogP contribution is 2.52. The van der Waals surface area contributed by atoms with Crippen molar-refractivity contribution >= 4 is 0 Å². The molecule has 5 atom stereocenters. The first-order chi connectivity index (χ1) is 13.3. The molecule has 0 radical (unpaired) electrons. The van der Waals surface area contributed by atoms with Crippen LogP contribution in [0.15, 0.2) is 36.4 Å². The molecule has 1 spiro atoms. The molecule has 1 N–H and O–H groups in total. The number of nitrogens with one attached hydrogen (secondary N) is 1. The van der Waals surface area contributed by atoms with Gasteiger partial charge in [0.15, 0.2) is 0 Å². The van der Waals surface area contributed by atoms with E-state index in [2.05, 4.69) is 83.3 Å². The lowest BCUT2D eigenvalue weighted by atomic mass is 9.69. The monoisotopic (exact) mass is 377 g/mol. The molecule has 2 aromatic carbocycles. The highest BCUT2D eigenvalue weighted by Gasteiger charge is 2.53. The molecule has 28 heavy (non-hydrogen) atoms. The highest BCUT2D eigenvalue weighted by atomic mass is 16.5. The van der Waals surface area contributed by atoms with Crippen LogP contribution < -0.4 is 5.32 Å². The first-order valence-electron chi connectivity index (χ1n) is 10.8. The van der Waals surface area contributed by atoms with Gasteiger partial charge in [0.05, 0.1) is 18.2 Å². The van der Waals surface area contributed by atoms with Gasteiger partial charge in [-0.25, -0.2) is 0 Å². The molecule has 2 nitrogen and oxygen atoms in total. The van der Waals surface area contributed by atoms with E-state index in [1.807, 2.05) is 0 Å². The third-order valence-corrected chi connectivity index (χ3v) is 7.30. The van der Waals surface area contributed by atoms with Crippen molar-refractivity contribution in [2.24, 2.45) is 5.92 Å². The molecule has 2 aliphatic rings. The Morgan fingerprint density at radius 3 is 2.39 bits per heavy atom. The summed E-state index contributed by atoms with van der Waals surface area (Å²) in [5.41, 5.74) is 8.23. The minimum Gasteiger partial charge on any atom is -0.372 e. The summed E-state index contributed by atoms with van der Waals surface area (Å²) in [7, 11) is 0. The van der Waals surface area contributed by atoms with Gasteiger partial charge in [-0.3, -0.25) is 0 Å². The maximum absolute atomic E-state index is 6.78. The van der Waals surface area contributed by atoms with Crippen molar-refractivity contribution in [2.45, 2.75) is 78.0 Å². The summed E-state index contributed by atoms with van der Waals surface area (Å²) in [5.74, 6) is 1.01. The zero-order chi connectivity index (χ0) is 20.1. The second kappa shape index (κ2) is 7.31. The topological polar surface area (TPSA) is 21.3 Å². The molecule has 0 saturated carbocycles. The first kappa shape index (κ1) is 19.7. The van der Waals surface area contributed by atoms with E-state index in [0.717, 1.165) is 13.0 Å². The average molecular weight is 378 g/mol. The largest absolute Gasteiger partial charge is 0.372 e. The van der Waals surface area contributed by atoms with Crippen LogP contribution in [0.4, 0.5) is 0 Å². The fraction of sp³-hybridized carbons (Fsp3) is 0.538. The highest BCUT2D eigenvalue weighted by molar-refractivity contribution is 5.41. The van der Waals surface area contributed by atoms with E-state index < -0.39 is 0 Å². The van der Waals surface area contributed by atoms with Crippen molar-refractivity contribution in [3.05, 3.63) is 69.8 Å². The molecule has 5 unspecified atom stereocenters. The van der Waals surface area contributed by atoms with Gasteiger partial charge in [0, 0.05) is 12.0 Å². The van der Waals surface area contributed by atoms with Crippen LogP contribution in [0.5, 0.6) is 0 Å². The van der Waals surface area contributed by atoms with Crippen LogP contribution in [0.1, 0.15) is 72.0 Å². The van der Waals surface area contributed by atoms with Crippen molar-refractivity contribution in [3.8, 4) is 0 Å². The summed E-state index contributed by atoms with van der Waals surface area (Å²) < 4.78 is 6.78. The number of hydrogen-bond acceptors (Lipinski definition) is 2. The van der Waals surface area contributed by atoms with Gasteiger partial charge < -0.3 is 10.1 Å². The normalized spacial score (nSPS) is 32.8. The van der Waals surface area contributed by atoms with Gasteiger partial charge in [-0.15, -0.1) is 0 Å². The van der Waals surface area contributed by atoms with E-state index >= 15 is 0 Å². The minimum absolute atomic E-state index is 0.128. The van der Waals surface area contributed by atoms with E-state index in [0.29, 0.717) is 17.9 Å². The Morgan fingerprint density at radius 2 is 1.68 bits per heavy atom. The average Bonchev–Trinajstić information content (AvgIpc) is 3.08. The lowest BCUT2D eigenvalue weighted by molar-refractivity contribution is -0.0928. The summed E-state index contributed by atoms with van der Waals surface area (Å²) in [6.45, 7) is 14.4. The molecular weight excluding hydrogens is 342 g/mol. The lowest BCUT2D eigenvalue weighted by Gasteiger charge is -2.48. The van der Waals surface area contributed by atoms with Crippen LogP contribution in [0, 0.1) is 33.6 Å². The van der Waals surface area contributed by atoms with Crippen LogP contribution in [-0.4, -0.2) is 18.2 Å². The summed E-state index contributed by atoms with van der Waals surface area (Å²) in [6, 6.07) is 14.5. The number of aryl methyl sites for hydroxylation is 3. The van der Waals surface area contributed by atoms with Crippen LogP contribution >= 0.6 is 0 Å². The number of rotatable bonds is 2. The van der Waals surface area contributed by atoms with Crippen molar-refractivity contribution in [1.82, 2.24) is 5.32 Å².